The Balaban J connectivity index is 1.28. The zero-order valence-corrected chi connectivity index (χ0v) is 17.9. The highest BCUT2D eigenvalue weighted by Crippen LogP contribution is 2.41. The first-order chi connectivity index (χ1) is 14.4. The fourth-order valence-corrected chi connectivity index (χ4v) is 4.45. The molecule has 4 rings (SSSR count). The van der Waals surface area contributed by atoms with Gasteiger partial charge in [-0.2, -0.15) is 9.78 Å². The summed E-state index contributed by atoms with van der Waals surface area (Å²) in [5.41, 5.74) is 2.21. The Labute approximate surface area is 177 Å². The molecule has 2 fully saturated rings. The number of amides is 2. The van der Waals surface area contributed by atoms with E-state index in [2.05, 4.69) is 22.1 Å². The average Bonchev–Trinajstić information content (AvgIpc) is 3.22. The average molecular weight is 412 g/mol. The van der Waals surface area contributed by atoms with Crippen molar-refractivity contribution in [2.24, 2.45) is 5.41 Å². The number of anilines is 1. The molecule has 0 unspecified atom stereocenters. The van der Waals surface area contributed by atoms with Crippen molar-refractivity contribution in [3.05, 3.63) is 42.2 Å². The highest BCUT2D eigenvalue weighted by molar-refractivity contribution is 5.91. The molecule has 30 heavy (non-hydrogen) atoms. The van der Waals surface area contributed by atoms with Gasteiger partial charge < -0.3 is 14.5 Å². The van der Waals surface area contributed by atoms with Gasteiger partial charge >= 0.3 is 6.03 Å². The fourth-order valence-electron chi connectivity index (χ4n) is 4.45. The van der Waals surface area contributed by atoms with E-state index in [4.69, 9.17) is 4.74 Å². The van der Waals surface area contributed by atoms with Crippen LogP contribution in [0.2, 0.25) is 0 Å². The Kier molecular flexibility index (Phi) is 5.51. The fraction of sp³-hybridized carbons (Fsp3) is 0.500. The molecule has 3 heterocycles. The second-order valence-electron chi connectivity index (χ2n) is 8.49. The minimum Gasteiger partial charge on any atom is -0.497 e. The number of nitrogens with zero attached hydrogens (tertiary/aromatic N) is 5. The van der Waals surface area contributed by atoms with E-state index in [0.717, 1.165) is 51.3 Å². The van der Waals surface area contributed by atoms with Gasteiger partial charge in [-0.25, -0.2) is 4.79 Å². The van der Waals surface area contributed by atoms with Crippen molar-refractivity contribution in [2.45, 2.75) is 26.3 Å². The first-order valence-electron chi connectivity index (χ1n) is 10.3. The SMILES string of the molecule is COc1cccc(CN2CC3(CCN(C(=O)n4cc(N(C)C(C)=O)cn4)CC3)C2)c1. The van der Waals surface area contributed by atoms with Crippen LogP contribution in [-0.2, 0) is 11.3 Å². The molecule has 0 N–H and O–H groups in total. The van der Waals surface area contributed by atoms with Gasteiger partial charge in [0.25, 0.3) is 0 Å². The molecule has 2 aromatic rings. The number of carbonyl (C=O) groups is 2. The molecule has 2 aliphatic rings. The zero-order chi connectivity index (χ0) is 21.3. The van der Waals surface area contributed by atoms with Crippen LogP contribution >= 0.6 is 0 Å². The van der Waals surface area contributed by atoms with Gasteiger partial charge in [0.05, 0.1) is 25.2 Å². The van der Waals surface area contributed by atoms with Crippen LogP contribution in [0.5, 0.6) is 5.75 Å². The number of ether oxygens (including phenoxy) is 1. The van der Waals surface area contributed by atoms with Gasteiger partial charge in [0.1, 0.15) is 5.75 Å². The number of rotatable bonds is 4. The molecule has 0 radical (unpaired) electrons. The molecule has 0 bridgehead atoms. The highest BCUT2D eigenvalue weighted by Gasteiger charge is 2.45. The lowest BCUT2D eigenvalue weighted by Gasteiger charge is -2.54. The second-order valence-corrected chi connectivity index (χ2v) is 8.49. The third-order valence-electron chi connectivity index (χ3n) is 6.38. The topological polar surface area (TPSA) is 70.9 Å². The first-order valence-corrected chi connectivity index (χ1v) is 10.3. The number of carbonyl (C=O) groups excluding carboxylic acids is 2. The number of aromatic nitrogens is 2. The maximum absolute atomic E-state index is 12.8. The Bertz CT molecular complexity index is 924. The van der Waals surface area contributed by atoms with Crippen LogP contribution < -0.4 is 9.64 Å². The third kappa shape index (κ3) is 4.05. The molecule has 2 aliphatic heterocycles. The molecule has 2 amide bonds. The maximum atomic E-state index is 12.8. The van der Waals surface area contributed by atoms with E-state index in [1.807, 2.05) is 17.0 Å². The molecule has 8 nitrogen and oxygen atoms in total. The first kappa shape index (κ1) is 20.4. The van der Waals surface area contributed by atoms with Crippen LogP contribution in [0.1, 0.15) is 25.3 Å². The molecular formula is C22H29N5O3. The minimum absolute atomic E-state index is 0.0922. The predicted octanol–water partition coefficient (Wildman–Crippen LogP) is 2.44. The molecular weight excluding hydrogens is 382 g/mol. The smallest absolute Gasteiger partial charge is 0.344 e. The molecule has 1 aromatic carbocycles. The van der Waals surface area contributed by atoms with Crippen LogP contribution in [0.15, 0.2) is 36.7 Å². The number of benzene rings is 1. The normalized spacial score (nSPS) is 18.2. The van der Waals surface area contributed by atoms with Gasteiger partial charge in [0, 0.05) is 46.7 Å². The van der Waals surface area contributed by atoms with Crippen LogP contribution in [0.4, 0.5) is 10.5 Å². The van der Waals surface area contributed by atoms with E-state index in [9.17, 15) is 9.59 Å². The summed E-state index contributed by atoms with van der Waals surface area (Å²) in [7, 11) is 3.37. The van der Waals surface area contributed by atoms with Gasteiger partial charge in [0.2, 0.25) is 5.91 Å². The quantitative estimate of drug-likeness (QED) is 0.773. The van der Waals surface area contributed by atoms with Crippen LogP contribution in [-0.4, -0.2) is 71.9 Å². The summed E-state index contributed by atoms with van der Waals surface area (Å²) in [6.07, 6.45) is 5.18. The van der Waals surface area contributed by atoms with E-state index in [-0.39, 0.29) is 11.9 Å². The maximum Gasteiger partial charge on any atom is 0.344 e. The lowest BCUT2D eigenvalue weighted by Crippen LogP contribution is -2.60. The predicted molar refractivity (Wildman–Crippen MR) is 114 cm³/mol. The van der Waals surface area contributed by atoms with Crippen LogP contribution in [0.25, 0.3) is 0 Å². The summed E-state index contributed by atoms with van der Waals surface area (Å²) in [5.74, 6) is 0.802. The monoisotopic (exact) mass is 411 g/mol. The van der Waals surface area contributed by atoms with E-state index >= 15 is 0 Å². The van der Waals surface area contributed by atoms with Gasteiger partial charge in [-0.3, -0.25) is 9.69 Å². The Morgan fingerprint density at radius 2 is 1.97 bits per heavy atom. The van der Waals surface area contributed by atoms with Crippen molar-refractivity contribution in [3.63, 3.8) is 0 Å². The molecule has 1 spiro atoms. The van der Waals surface area contributed by atoms with Crippen molar-refractivity contribution in [2.75, 3.05) is 45.2 Å². The summed E-state index contributed by atoms with van der Waals surface area (Å²) in [5, 5.41) is 4.15. The van der Waals surface area contributed by atoms with Crippen LogP contribution in [0.3, 0.4) is 0 Å². The van der Waals surface area contributed by atoms with E-state index < -0.39 is 0 Å². The summed E-state index contributed by atoms with van der Waals surface area (Å²) < 4.78 is 6.65. The number of methoxy groups -OCH3 is 1. The minimum atomic E-state index is -0.124. The van der Waals surface area contributed by atoms with Crippen molar-refractivity contribution in [1.82, 2.24) is 19.6 Å². The second kappa shape index (κ2) is 8.10. The molecule has 2 saturated heterocycles. The lowest BCUT2D eigenvalue weighted by molar-refractivity contribution is -0.116. The van der Waals surface area contributed by atoms with Gasteiger partial charge in [-0.15, -0.1) is 0 Å². The molecule has 0 atom stereocenters. The molecule has 8 heteroatoms. The number of piperidine rings is 1. The molecule has 1 aromatic heterocycles. The van der Waals surface area contributed by atoms with Gasteiger partial charge in [-0.1, -0.05) is 12.1 Å². The van der Waals surface area contributed by atoms with Crippen LogP contribution in [0, 0.1) is 5.41 Å². The lowest BCUT2D eigenvalue weighted by atomic mass is 9.72. The Hall–Kier alpha value is -2.87. The van der Waals surface area contributed by atoms with E-state index in [1.54, 1.807) is 26.6 Å². The number of hydrogen-bond donors (Lipinski definition) is 0. The highest BCUT2D eigenvalue weighted by atomic mass is 16.5. The summed E-state index contributed by atoms with van der Waals surface area (Å²) >= 11 is 0. The summed E-state index contributed by atoms with van der Waals surface area (Å²) in [6, 6.07) is 8.10. The number of likely N-dealkylation sites (tertiary alicyclic amines) is 2. The van der Waals surface area contributed by atoms with Crippen molar-refractivity contribution in [1.29, 1.82) is 0 Å². The molecule has 0 saturated carbocycles. The Morgan fingerprint density at radius 1 is 1.23 bits per heavy atom. The summed E-state index contributed by atoms with van der Waals surface area (Å²) in [6.45, 7) is 6.04. The Morgan fingerprint density at radius 3 is 2.63 bits per heavy atom. The van der Waals surface area contributed by atoms with E-state index in [0.29, 0.717) is 11.1 Å². The van der Waals surface area contributed by atoms with Crippen molar-refractivity contribution in [3.8, 4) is 5.75 Å². The summed E-state index contributed by atoms with van der Waals surface area (Å²) in [4.78, 5) is 30.1. The standard InChI is InChI=1S/C22H29N5O3/c1-17(28)24(2)19-12-23-27(14-19)21(29)26-9-7-22(8-10-26)15-25(16-22)13-18-5-4-6-20(11-18)30-3/h4-6,11-12,14H,7-10,13,15-16H2,1-3H3. The van der Waals surface area contributed by atoms with Crippen molar-refractivity contribution >= 4 is 17.6 Å². The third-order valence-corrected chi connectivity index (χ3v) is 6.38. The zero-order valence-electron chi connectivity index (χ0n) is 17.9. The molecule has 0 aliphatic carbocycles. The molecule has 160 valence electrons. The number of hydrogen-bond acceptors (Lipinski definition) is 5. The van der Waals surface area contributed by atoms with Crippen molar-refractivity contribution < 1.29 is 14.3 Å². The van der Waals surface area contributed by atoms with E-state index in [1.165, 1.54) is 22.1 Å². The van der Waals surface area contributed by atoms with Gasteiger partial charge in [0.15, 0.2) is 0 Å². The van der Waals surface area contributed by atoms with Gasteiger partial charge in [-0.05, 0) is 36.0 Å². The largest absolute Gasteiger partial charge is 0.497 e.